The number of nitrogens with one attached hydrogen (secondary N) is 2. The molecule has 0 bridgehead atoms. The Balaban J connectivity index is 1.24. The van der Waals surface area contributed by atoms with Gasteiger partial charge in [0, 0.05) is 25.9 Å². The summed E-state index contributed by atoms with van der Waals surface area (Å²) in [7, 11) is 0. The van der Waals surface area contributed by atoms with Gasteiger partial charge in [-0.2, -0.15) is 0 Å². The number of carbonyl (C=O) groups is 2. The average molecular weight is 393 g/mol. The van der Waals surface area contributed by atoms with Crippen LogP contribution in [0.15, 0.2) is 60.7 Å². The normalized spacial score (nSPS) is 20.6. The molecule has 0 saturated carbocycles. The number of carbonyl (C=O) groups excluding carboxylic acids is 2. The molecule has 0 radical (unpaired) electrons. The third-order valence-corrected chi connectivity index (χ3v) is 5.72. The van der Waals surface area contributed by atoms with E-state index in [0.29, 0.717) is 39.0 Å². The van der Waals surface area contributed by atoms with Crippen LogP contribution in [0, 0.1) is 0 Å². The van der Waals surface area contributed by atoms with Gasteiger partial charge in [0.15, 0.2) is 0 Å². The molecule has 2 heterocycles. The Morgan fingerprint density at radius 2 is 1.62 bits per heavy atom. The number of amides is 2. The Labute approximate surface area is 171 Å². The lowest BCUT2D eigenvalue weighted by molar-refractivity contribution is -0.138. The van der Waals surface area contributed by atoms with E-state index in [4.69, 9.17) is 4.74 Å². The second kappa shape index (κ2) is 8.76. The second-order valence-corrected chi connectivity index (χ2v) is 7.82. The van der Waals surface area contributed by atoms with Crippen molar-refractivity contribution in [2.24, 2.45) is 0 Å². The number of hydrogen-bond donors (Lipinski definition) is 2. The maximum atomic E-state index is 12.5. The van der Waals surface area contributed by atoms with E-state index in [2.05, 4.69) is 10.6 Å². The van der Waals surface area contributed by atoms with E-state index >= 15 is 0 Å². The summed E-state index contributed by atoms with van der Waals surface area (Å²) in [6.45, 7) is 1.74. The summed E-state index contributed by atoms with van der Waals surface area (Å²) < 4.78 is 5.58. The first-order valence-corrected chi connectivity index (χ1v) is 10.2. The van der Waals surface area contributed by atoms with Gasteiger partial charge in [0.25, 0.3) is 0 Å². The highest BCUT2D eigenvalue weighted by atomic mass is 16.5. The van der Waals surface area contributed by atoms with Crippen LogP contribution in [0.25, 0.3) is 0 Å². The molecule has 2 fully saturated rings. The van der Waals surface area contributed by atoms with Crippen LogP contribution in [0.5, 0.6) is 0 Å². The number of piperidine rings is 1. The minimum absolute atomic E-state index is 0.000871. The summed E-state index contributed by atoms with van der Waals surface area (Å²) in [6.07, 6.45) is 2.08. The average Bonchev–Trinajstić information content (AvgIpc) is 3.04. The molecule has 152 valence electrons. The standard InChI is InChI=1S/C23H27N3O3/c27-21(17-29-16-19-9-5-2-6-10-19)26-13-11-23(12-14-26)24-20(22(28)25-23)15-18-7-3-1-4-8-18/h1-10,20,24H,11-17H2,(H,25,28). The summed E-state index contributed by atoms with van der Waals surface area (Å²) in [4.78, 5) is 26.8. The lowest BCUT2D eigenvalue weighted by Gasteiger charge is -2.39. The largest absolute Gasteiger partial charge is 0.367 e. The van der Waals surface area contributed by atoms with Gasteiger partial charge in [0.1, 0.15) is 6.61 Å². The summed E-state index contributed by atoms with van der Waals surface area (Å²) >= 11 is 0. The fraction of sp³-hybridized carbons (Fsp3) is 0.391. The van der Waals surface area contributed by atoms with Gasteiger partial charge >= 0.3 is 0 Å². The molecule has 2 aromatic rings. The highest BCUT2D eigenvalue weighted by Crippen LogP contribution is 2.25. The number of benzene rings is 2. The highest BCUT2D eigenvalue weighted by Gasteiger charge is 2.45. The maximum absolute atomic E-state index is 12.5. The fourth-order valence-corrected chi connectivity index (χ4v) is 4.08. The topological polar surface area (TPSA) is 70.7 Å². The van der Waals surface area contributed by atoms with E-state index in [1.54, 1.807) is 0 Å². The summed E-state index contributed by atoms with van der Waals surface area (Å²) in [5.41, 5.74) is 1.79. The molecule has 2 N–H and O–H groups in total. The first-order valence-electron chi connectivity index (χ1n) is 10.2. The minimum atomic E-state index is -0.405. The van der Waals surface area contributed by atoms with Crippen LogP contribution in [-0.2, 0) is 27.4 Å². The molecule has 4 rings (SSSR count). The van der Waals surface area contributed by atoms with Crippen molar-refractivity contribution in [3.63, 3.8) is 0 Å². The molecule has 1 spiro atoms. The Bertz CT molecular complexity index is 833. The fourth-order valence-electron chi connectivity index (χ4n) is 4.08. The van der Waals surface area contributed by atoms with Crippen molar-refractivity contribution in [2.45, 2.75) is 37.6 Å². The zero-order valence-electron chi connectivity index (χ0n) is 16.5. The van der Waals surface area contributed by atoms with Crippen LogP contribution in [0.4, 0.5) is 0 Å². The Hall–Kier alpha value is -2.70. The molecular formula is C23H27N3O3. The smallest absolute Gasteiger partial charge is 0.248 e. The van der Waals surface area contributed by atoms with Gasteiger partial charge in [-0.15, -0.1) is 0 Å². The molecule has 1 unspecified atom stereocenters. The lowest BCUT2D eigenvalue weighted by atomic mass is 9.97. The number of likely N-dealkylation sites (tertiary alicyclic amines) is 1. The molecule has 0 aliphatic carbocycles. The SMILES string of the molecule is O=C1NC2(CCN(C(=O)COCc3ccccc3)CC2)NC1Cc1ccccc1. The van der Waals surface area contributed by atoms with Gasteiger partial charge in [-0.25, -0.2) is 0 Å². The van der Waals surface area contributed by atoms with Crippen LogP contribution in [0.2, 0.25) is 0 Å². The molecule has 6 nitrogen and oxygen atoms in total. The first kappa shape index (κ1) is 19.6. The molecule has 6 heteroatoms. The third-order valence-electron chi connectivity index (χ3n) is 5.72. The van der Waals surface area contributed by atoms with Gasteiger partial charge in [-0.05, 0) is 17.5 Å². The van der Waals surface area contributed by atoms with Crippen molar-refractivity contribution in [2.75, 3.05) is 19.7 Å². The van der Waals surface area contributed by atoms with Crippen molar-refractivity contribution in [3.05, 3.63) is 71.8 Å². The van der Waals surface area contributed by atoms with Gasteiger partial charge in [0.2, 0.25) is 11.8 Å². The first-order chi connectivity index (χ1) is 14.1. The van der Waals surface area contributed by atoms with Crippen molar-refractivity contribution in [1.82, 2.24) is 15.5 Å². The van der Waals surface area contributed by atoms with E-state index in [1.165, 1.54) is 0 Å². The monoisotopic (exact) mass is 393 g/mol. The van der Waals surface area contributed by atoms with Crippen LogP contribution in [0.1, 0.15) is 24.0 Å². The Kier molecular flexibility index (Phi) is 5.92. The molecule has 2 aliphatic rings. The van der Waals surface area contributed by atoms with Crippen molar-refractivity contribution in [1.29, 1.82) is 0 Å². The van der Waals surface area contributed by atoms with E-state index in [9.17, 15) is 9.59 Å². The number of nitrogens with zero attached hydrogens (tertiary/aromatic N) is 1. The van der Waals surface area contributed by atoms with Crippen molar-refractivity contribution >= 4 is 11.8 Å². The minimum Gasteiger partial charge on any atom is -0.367 e. The summed E-state index contributed by atoms with van der Waals surface area (Å²) in [5.74, 6) is 0.0424. The highest BCUT2D eigenvalue weighted by molar-refractivity contribution is 5.85. The number of ether oxygens (including phenoxy) is 1. The molecular weight excluding hydrogens is 366 g/mol. The van der Waals surface area contributed by atoms with Gasteiger partial charge in [0.05, 0.1) is 18.3 Å². The van der Waals surface area contributed by atoms with Crippen LogP contribution in [-0.4, -0.2) is 48.1 Å². The molecule has 2 saturated heterocycles. The summed E-state index contributed by atoms with van der Waals surface area (Å²) in [5, 5.41) is 6.64. The predicted octanol–water partition coefficient (Wildman–Crippen LogP) is 1.85. The van der Waals surface area contributed by atoms with E-state index < -0.39 is 5.66 Å². The van der Waals surface area contributed by atoms with Gasteiger partial charge < -0.3 is 15.0 Å². The predicted molar refractivity (Wildman–Crippen MR) is 110 cm³/mol. The molecule has 1 atom stereocenters. The van der Waals surface area contributed by atoms with Crippen LogP contribution < -0.4 is 10.6 Å². The number of hydrogen-bond acceptors (Lipinski definition) is 4. The third kappa shape index (κ3) is 4.83. The Morgan fingerprint density at radius 1 is 1.00 bits per heavy atom. The quantitative estimate of drug-likeness (QED) is 0.786. The molecule has 29 heavy (non-hydrogen) atoms. The van der Waals surface area contributed by atoms with Crippen LogP contribution >= 0.6 is 0 Å². The Morgan fingerprint density at radius 3 is 2.28 bits per heavy atom. The second-order valence-electron chi connectivity index (χ2n) is 7.82. The van der Waals surface area contributed by atoms with E-state index in [0.717, 1.165) is 11.1 Å². The van der Waals surface area contributed by atoms with E-state index in [-0.39, 0.29) is 24.5 Å². The van der Waals surface area contributed by atoms with Gasteiger partial charge in [-0.1, -0.05) is 60.7 Å². The maximum Gasteiger partial charge on any atom is 0.248 e. The molecule has 2 aliphatic heterocycles. The lowest BCUT2D eigenvalue weighted by Crippen LogP contribution is -2.58. The van der Waals surface area contributed by atoms with E-state index in [1.807, 2.05) is 65.6 Å². The van der Waals surface area contributed by atoms with Crippen molar-refractivity contribution < 1.29 is 14.3 Å². The molecule has 2 aromatic carbocycles. The van der Waals surface area contributed by atoms with Gasteiger partial charge in [-0.3, -0.25) is 14.9 Å². The number of rotatable bonds is 6. The molecule has 2 amide bonds. The molecule has 0 aromatic heterocycles. The summed E-state index contributed by atoms with van der Waals surface area (Å²) in [6, 6.07) is 19.6. The zero-order chi connectivity index (χ0) is 20.1. The van der Waals surface area contributed by atoms with Crippen molar-refractivity contribution in [3.8, 4) is 0 Å². The van der Waals surface area contributed by atoms with Crippen LogP contribution in [0.3, 0.4) is 0 Å². The zero-order valence-corrected chi connectivity index (χ0v) is 16.5.